The van der Waals surface area contributed by atoms with Gasteiger partial charge < -0.3 is 9.47 Å². The molecular formula is C11H13N5O3S. The van der Waals surface area contributed by atoms with Gasteiger partial charge in [0.05, 0.1) is 13.7 Å². The zero-order valence-corrected chi connectivity index (χ0v) is 11.8. The number of rotatable bonds is 6. The summed E-state index contributed by atoms with van der Waals surface area (Å²) < 4.78 is 11.3. The van der Waals surface area contributed by atoms with Crippen molar-refractivity contribution >= 4 is 17.7 Å². The van der Waals surface area contributed by atoms with Crippen LogP contribution in [-0.4, -0.2) is 44.9 Å². The molecule has 0 bridgehead atoms. The first-order chi connectivity index (χ1) is 9.72. The summed E-state index contributed by atoms with van der Waals surface area (Å²) in [6, 6.07) is 5.41. The van der Waals surface area contributed by atoms with Crippen LogP contribution < -0.4 is 4.74 Å². The summed E-state index contributed by atoms with van der Waals surface area (Å²) in [7, 11) is 1.31. The first-order valence-corrected chi connectivity index (χ1v) is 6.65. The number of hydrogen-bond donors (Lipinski definition) is 0. The monoisotopic (exact) mass is 295 g/mol. The standard InChI is InChI=1S/C11H13N5O3S/c1-3-19-8-5-4-6-9(12-8)20-11-13-14-15-16(11)7-10(17)18-2/h4-6H,3,7H2,1-2H3. The zero-order valence-electron chi connectivity index (χ0n) is 11.0. The molecule has 0 atom stereocenters. The van der Waals surface area contributed by atoms with Crippen molar-refractivity contribution < 1.29 is 14.3 Å². The number of pyridine rings is 1. The quantitative estimate of drug-likeness (QED) is 0.722. The maximum atomic E-state index is 11.2. The molecule has 0 aliphatic rings. The van der Waals surface area contributed by atoms with E-state index in [-0.39, 0.29) is 6.54 Å². The minimum atomic E-state index is -0.421. The molecule has 0 radical (unpaired) electrons. The molecular weight excluding hydrogens is 282 g/mol. The molecule has 0 fully saturated rings. The van der Waals surface area contributed by atoms with Crippen molar-refractivity contribution in [2.24, 2.45) is 0 Å². The van der Waals surface area contributed by atoms with Crippen LogP contribution in [0.5, 0.6) is 5.88 Å². The van der Waals surface area contributed by atoms with Gasteiger partial charge in [0, 0.05) is 6.07 Å². The molecule has 0 spiro atoms. The van der Waals surface area contributed by atoms with Gasteiger partial charge in [0.2, 0.25) is 11.0 Å². The van der Waals surface area contributed by atoms with E-state index in [1.807, 2.05) is 19.1 Å². The molecule has 106 valence electrons. The van der Waals surface area contributed by atoms with E-state index in [1.165, 1.54) is 23.6 Å². The summed E-state index contributed by atoms with van der Waals surface area (Å²) in [5.41, 5.74) is 0. The van der Waals surface area contributed by atoms with Crippen molar-refractivity contribution in [3.05, 3.63) is 18.2 Å². The van der Waals surface area contributed by atoms with Gasteiger partial charge in [0.15, 0.2) is 0 Å². The second kappa shape index (κ2) is 6.85. The van der Waals surface area contributed by atoms with E-state index in [4.69, 9.17) is 4.74 Å². The third kappa shape index (κ3) is 3.67. The minimum absolute atomic E-state index is 0.0447. The fourth-order valence-electron chi connectivity index (χ4n) is 1.33. The second-order valence-electron chi connectivity index (χ2n) is 3.54. The molecule has 2 rings (SSSR count). The van der Waals surface area contributed by atoms with Crippen molar-refractivity contribution in [2.45, 2.75) is 23.7 Å². The summed E-state index contributed by atoms with van der Waals surface area (Å²) in [5, 5.41) is 12.3. The van der Waals surface area contributed by atoms with Crippen LogP contribution in [0.4, 0.5) is 0 Å². The molecule has 20 heavy (non-hydrogen) atoms. The average Bonchev–Trinajstić information content (AvgIpc) is 2.86. The van der Waals surface area contributed by atoms with Crippen LogP contribution in [0.25, 0.3) is 0 Å². The van der Waals surface area contributed by atoms with E-state index >= 15 is 0 Å². The Morgan fingerprint density at radius 3 is 3.05 bits per heavy atom. The Labute approximate surface area is 119 Å². The molecule has 9 heteroatoms. The summed E-state index contributed by atoms with van der Waals surface area (Å²) >= 11 is 1.24. The smallest absolute Gasteiger partial charge is 0.327 e. The maximum absolute atomic E-state index is 11.2. The highest BCUT2D eigenvalue weighted by molar-refractivity contribution is 7.99. The van der Waals surface area contributed by atoms with Gasteiger partial charge >= 0.3 is 5.97 Å². The fourth-order valence-corrected chi connectivity index (χ4v) is 2.08. The predicted octanol–water partition coefficient (Wildman–Crippen LogP) is 0.791. The van der Waals surface area contributed by atoms with Crippen LogP contribution in [0.3, 0.4) is 0 Å². The molecule has 0 unspecified atom stereocenters. The van der Waals surface area contributed by atoms with Crippen molar-refractivity contribution in [1.29, 1.82) is 0 Å². The average molecular weight is 295 g/mol. The third-order valence-electron chi connectivity index (χ3n) is 2.19. The maximum Gasteiger partial charge on any atom is 0.327 e. The van der Waals surface area contributed by atoms with Gasteiger partial charge in [-0.05, 0) is 35.2 Å². The Bertz CT molecular complexity index is 589. The molecule has 0 saturated carbocycles. The van der Waals surface area contributed by atoms with E-state index in [9.17, 15) is 4.79 Å². The lowest BCUT2D eigenvalue weighted by atomic mass is 10.5. The van der Waals surface area contributed by atoms with Crippen LogP contribution in [0.2, 0.25) is 0 Å². The lowest BCUT2D eigenvalue weighted by molar-refractivity contribution is -0.141. The third-order valence-corrected chi connectivity index (χ3v) is 3.10. The first kappa shape index (κ1) is 14.3. The normalized spacial score (nSPS) is 10.3. The summed E-state index contributed by atoms with van der Waals surface area (Å²) in [6.45, 7) is 2.39. The molecule has 2 heterocycles. The highest BCUT2D eigenvalue weighted by Gasteiger charge is 2.13. The lowest BCUT2D eigenvalue weighted by Crippen LogP contribution is -2.13. The highest BCUT2D eigenvalue weighted by atomic mass is 32.2. The molecule has 2 aromatic rings. The van der Waals surface area contributed by atoms with Crippen LogP contribution in [-0.2, 0) is 16.1 Å². The van der Waals surface area contributed by atoms with Crippen molar-refractivity contribution in [3.8, 4) is 5.88 Å². The van der Waals surface area contributed by atoms with Gasteiger partial charge in [-0.15, -0.1) is 5.10 Å². The van der Waals surface area contributed by atoms with Gasteiger partial charge in [0.1, 0.15) is 11.6 Å². The molecule has 0 aliphatic heterocycles. The number of carbonyl (C=O) groups excluding carboxylic acids is 1. The van der Waals surface area contributed by atoms with E-state index in [0.29, 0.717) is 22.7 Å². The Hall–Kier alpha value is -2.16. The summed E-state index contributed by atoms with van der Waals surface area (Å²) in [4.78, 5) is 15.5. The SMILES string of the molecule is CCOc1cccc(Sc2nnnn2CC(=O)OC)n1. The van der Waals surface area contributed by atoms with Gasteiger partial charge in [-0.1, -0.05) is 6.07 Å². The number of carbonyl (C=O) groups is 1. The first-order valence-electron chi connectivity index (χ1n) is 5.83. The molecule has 0 aromatic carbocycles. The minimum Gasteiger partial charge on any atom is -0.478 e. The number of tetrazole rings is 1. The summed E-state index contributed by atoms with van der Waals surface area (Å²) in [5.74, 6) is 0.111. The lowest BCUT2D eigenvalue weighted by Gasteiger charge is -2.04. The van der Waals surface area contributed by atoms with Crippen LogP contribution in [0.15, 0.2) is 28.4 Å². The van der Waals surface area contributed by atoms with Crippen molar-refractivity contribution in [2.75, 3.05) is 13.7 Å². The Balaban J connectivity index is 2.12. The Morgan fingerprint density at radius 2 is 2.30 bits per heavy atom. The van der Waals surface area contributed by atoms with Crippen LogP contribution >= 0.6 is 11.8 Å². The molecule has 0 aliphatic carbocycles. The van der Waals surface area contributed by atoms with Gasteiger partial charge in [-0.2, -0.15) is 0 Å². The van der Waals surface area contributed by atoms with Crippen LogP contribution in [0.1, 0.15) is 6.92 Å². The Kier molecular flexibility index (Phi) is 4.88. The largest absolute Gasteiger partial charge is 0.478 e. The number of aromatic nitrogens is 5. The van der Waals surface area contributed by atoms with Gasteiger partial charge in [-0.3, -0.25) is 4.79 Å². The van der Waals surface area contributed by atoms with E-state index in [2.05, 4.69) is 25.2 Å². The number of methoxy groups -OCH3 is 1. The van der Waals surface area contributed by atoms with E-state index < -0.39 is 5.97 Å². The number of esters is 1. The molecule has 2 aromatic heterocycles. The summed E-state index contributed by atoms with van der Waals surface area (Å²) in [6.07, 6.45) is 0. The second-order valence-corrected chi connectivity index (χ2v) is 4.53. The predicted molar refractivity (Wildman–Crippen MR) is 69.4 cm³/mol. The number of nitrogens with zero attached hydrogens (tertiary/aromatic N) is 5. The highest BCUT2D eigenvalue weighted by Crippen LogP contribution is 2.24. The van der Waals surface area contributed by atoms with Gasteiger partial charge in [0.25, 0.3) is 0 Å². The van der Waals surface area contributed by atoms with E-state index in [1.54, 1.807) is 6.07 Å². The van der Waals surface area contributed by atoms with Gasteiger partial charge in [-0.25, -0.2) is 9.67 Å². The zero-order chi connectivity index (χ0) is 14.4. The molecule has 8 nitrogen and oxygen atoms in total. The van der Waals surface area contributed by atoms with Crippen LogP contribution in [0, 0.1) is 0 Å². The topological polar surface area (TPSA) is 92.0 Å². The van der Waals surface area contributed by atoms with E-state index in [0.717, 1.165) is 0 Å². The van der Waals surface area contributed by atoms with Crippen molar-refractivity contribution in [1.82, 2.24) is 25.2 Å². The number of hydrogen-bond acceptors (Lipinski definition) is 8. The fraction of sp³-hybridized carbons (Fsp3) is 0.364. The van der Waals surface area contributed by atoms with Crippen molar-refractivity contribution in [3.63, 3.8) is 0 Å². The molecule has 0 N–H and O–H groups in total. The molecule has 0 amide bonds. The number of ether oxygens (including phenoxy) is 2. The molecule has 0 saturated heterocycles. The Morgan fingerprint density at radius 1 is 1.45 bits per heavy atom.